The smallest absolute Gasteiger partial charge is 0.295 e. The van der Waals surface area contributed by atoms with E-state index in [1.165, 1.54) is 31.0 Å². The van der Waals surface area contributed by atoms with Gasteiger partial charge in [-0.05, 0) is 62.4 Å². The lowest BCUT2D eigenvalue weighted by molar-refractivity contribution is -0.114. The minimum atomic E-state index is -4.37. The number of aromatic nitrogens is 2. The molecule has 0 fully saturated rings. The lowest BCUT2D eigenvalue weighted by atomic mass is 10.3. The number of carbonyl (C=O) groups is 1. The number of nitrogens with one attached hydrogen (secondary N) is 1. The number of para-hydroxylation sites is 1. The molecule has 0 aliphatic heterocycles. The first-order valence-corrected chi connectivity index (χ1v) is 14.2. The second-order valence-electron chi connectivity index (χ2n) is 8.94. The van der Waals surface area contributed by atoms with Crippen LogP contribution >= 0.6 is 0 Å². The lowest BCUT2D eigenvalue weighted by Gasteiger charge is -2.25. The van der Waals surface area contributed by atoms with Crippen LogP contribution in [0.5, 0.6) is 17.2 Å². The lowest BCUT2D eigenvalue weighted by Crippen LogP contribution is -2.39. The van der Waals surface area contributed by atoms with E-state index in [0.29, 0.717) is 29.5 Å². The van der Waals surface area contributed by atoms with Gasteiger partial charge in [0.15, 0.2) is 0 Å². The average Bonchev–Trinajstić information content (AvgIpc) is 3.19. The molecule has 0 aliphatic rings. The number of sulfonamides is 1. The summed E-state index contributed by atoms with van der Waals surface area (Å²) in [5, 5.41) is 2.64. The molecule has 1 heterocycles. The molecule has 0 saturated heterocycles. The van der Waals surface area contributed by atoms with Gasteiger partial charge in [0.25, 0.3) is 15.6 Å². The zero-order chi connectivity index (χ0) is 29.7. The van der Waals surface area contributed by atoms with Crippen molar-refractivity contribution in [2.45, 2.75) is 18.7 Å². The summed E-state index contributed by atoms with van der Waals surface area (Å²) in [6.07, 6.45) is 0. The van der Waals surface area contributed by atoms with Gasteiger partial charge in [-0.3, -0.25) is 18.6 Å². The zero-order valence-corrected chi connectivity index (χ0v) is 24.3. The van der Waals surface area contributed by atoms with E-state index in [2.05, 4.69) is 5.32 Å². The molecule has 0 unspecified atom stereocenters. The summed E-state index contributed by atoms with van der Waals surface area (Å²) in [7, 11) is 0.0984. The molecule has 1 N–H and O–H groups in total. The van der Waals surface area contributed by atoms with E-state index in [1.807, 2.05) is 13.0 Å². The van der Waals surface area contributed by atoms with Crippen LogP contribution in [0.15, 0.2) is 82.5 Å². The summed E-state index contributed by atoms with van der Waals surface area (Å²) < 4.78 is 48.2. The van der Waals surface area contributed by atoms with Crippen molar-refractivity contribution in [3.8, 4) is 22.9 Å². The van der Waals surface area contributed by atoms with Crippen molar-refractivity contribution in [3.05, 3.63) is 88.8 Å². The van der Waals surface area contributed by atoms with Crippen LogP contribution in [-0.2, 0) is 21.9 Å². The third kappa shape index (κ3) is 5.92. The molecule has 0 bridgehead atoms. The highest BCUT2D eigenvalue weighted by Crippen LogP contribution is 2.33. The molecule has 0 saturated carbocycles. The highest BCUT2D eigenvalue weighted by atomic mass is 32.2. The first-order valence-electron chi connectivity index (χ1n) is 12.7. The molecular weight excluding hydrogens is 548 g/mol. The highest BCUT2D eigenvalue weighted by molar-refractivity contribution is 7.93. The third-order valence-electron chi connectivity index (χ3n) is 6.48. The summed E-state index contributed by atoms with van der Waals surface area (Å²) in [5.74, 6) is 0.197. The maximum atomic E-state index is 14.1. The first-order chi connectivity index (χ1) is 19.6. The van der Waals surface area contributed by atoms with E-state index in [9.17, 15) is 18.0 Å². The molecule has 4 aromatic rings. The fourth-order valence-electron chi connectivity index (χ4n) is 4.32. The van der Waals surface area contributed by atoms with Crippen molar-refractivity contribution in [1.29, 1.82) is 0 Å². The Kier molecular flexibility index (Phi) is 8.72. The van der Waals surface area contributed by atoms with Gasteiger partial charge in [0, 0.05) is 13.1 Å². The summed E-state index contributed by atoms with van der Waals surface area (Å²) in [5.41, 5.74) is 0.920. The molecule has 12 heteroatoms. The van der Waals surface area contributed by atoms with Crippen molar-refractivity contribution >= 4 is 27.3 Å². The number of hydrogen-bond acceptors (Lipinski definition) is 7. The van der Waals surface area contributed by atoms with E-state index < -0.39 is 28.0 Å². The van der Waals surface area contributed by atoms with Crippen LogP contribution in [0, 0.1) is 6.92 Å². The van der Waals surface area contributed by atoms with Crippen LogP contribution in [0.3, 0.4) is 0 Å². The molecule has 0 atom stereocenters. The predicted octanol–water partition coefficient (Wildman–Crippen LogP) is 3.73. The zero-order valence-electron chi connectivity index (χ0n) is 23.5. The van der Waals surface area contributed by atoms with Crippen LogP contribution in [0.1, 0.15) is 12.6 Å². The molecule has 216 valence electrons. The monoisotopic (exact) mass is 580 g/mol. The van der Waals surface area contributed by atoms with Crippen LogP contribution in [0.2, 0.25) is 0 Å². The summed E-state index contributed by atoms with van der Waals surface area (Å²) >= 11 is 0. The highest BCUT2D eigenvalue weighted by Gasteiger charge is 2.31. The molecular formula is C29H32N4O7S. The fraction of sp³-hybridized carbons (Fsp3) is 0.241. The van der Waals surface area contributed by atoms with Gasteiger partial charge in [-0.15, -0.1) is 0 Å². The minimum absolute atomic E-state index is 0.0457. The number of hydrogen-bond donors (Lipinski definition) is 1. The molecule has 0 aliphatic carbocycles. The maximum absolute atomic E-state index is 14.1. The second-order valence-corrected chi connectivity index (χ2v) is 10.8. The third-order valence-corrected chi connectivity index (χ3v) is 8.28. The topological polar surface area (TPSA) is 121 Å². The molecule has 1 amide bonds. The molecule has 4 rings (SSSR count). The van der Waals surface area contributed by atoms with E-state index in [0.717, 1.165) is 4.31 Å². The van der Waals surface area contributed by atoms with Crippen molar-refractivity contribution in [3.63, 3.8) is 0 Å². The van der Waals surface area contributed by atoms with Crippen LogP contribution in [0.4, 0.5) is 11.4 Å². The Morgan fingerprint density at radius 1 is 0.951 bits per heavy atom. The Hall–Kier alpha value is -4.71. The van der Waals surface area contributed by atoms with Gasteiger partial charge in [0.2, 0.25) is 5.91 Å². The Morgan fingerprint density at radius 2 is 1.61 bits per heavy atom. The second kappa shape index (κ2) is 12.2. The number of benzene rings is 3. The van der Waals surface area contributed by atoms with Crippen LogP contribution in [-0.4, -0.2) is 51.1 Å². The van der Waals surface area contributed by atoms with E-state index in [-0.39, 0.29) is 22.0 Å². The number of ether oxygens (including phenoxy) is 3. The standard InChI is InChI=1S/C29H32N4O7S/c1-6-40-23-14-12-21(13-15-23)32(41(36,37)26-18-24(38-4)16-17-25(26)39-5)19-27(34)30-28-20(2)31(3)33(29(28)35)22-10-8-7-9-11-22/h7-18H,6,19H2,1-5H3,(H,30,34). The number of methoxy groups -OCH3 is 2. The minimum Gasteiger partial charge on any atom is -0.497 e. The largest absolute Gasteiger partial charge is 0.497 e. The average molecular weight is 581 g/mol. The Bertz CT molecular complexity index is 1700. The van der Waals surface area contributed by atoms with Gasteiger partial charge in [0.05, 0.1) is 37.9 Å². The van der Waals surface area contributed by atoms with Gasteiger partial charge in [-0.25, -0.2) is 13.1 Å². The Labute approximate surface area is 238 Å². The maximum Gasteiger partial charge on any atom is 0.295 e. The number of nitrogens with zero attached hydrogens (tertiary/aromatic N) is 3. The van der Waals surface area contributed by atoms with Gasteiger partial charge in [-0.1, -0.05) is 18.2 Å². The van der Waals surface area contributed by atoms with Crippen LogP contribution in [0.25, 0.3) is 5.69 Å². The fourth-order valence-corrected chi connectivity index (χ4v) is 5.91. The number of rotatable bonds is 11. The van der Waals surface area contributed by atoms with E-state index in [4.69, 9.17) is 14.2 Å². The molecule has 11 nitrogen and oxygen atoms in total. The van der Waals surface area contributed by atoms with Gasteiger partial charge < -0.3 is 19.5 Å². The molecule has 3 aromatic carbocycles. The van der Waals surface area contributed by atoms with E-state index in [1.54, 1.807) is 73.3 Å². The summed E-state index contributed by atoms with van der Waals surface area (Å²) in [6.45, 7) is 3.33. The van der Waals surface area contributed by atoms with Gasteiger partial charge in [0.1, 0.15) is 34.4 Å². The van der Waals surface area contributed by atoms with Crippen molar-refractivity contribution in [1.82, 2.24) is 9.36 Å². The first kappa shape index (κ1) is 29.3. The SMILES string of the molecule is CCOc1ccc(N(CC(=O)Nc2c(C)n(C)n(-c3ccccc3)c2=O)S(=O)(=O)c2cc(OC)ccc2OC)cc1. The Morgan fingerprint density at radius 3 is 2.22 bits per heavy atom. The molecule has 0 radical (unpaired) electrons. The van der Waals surface area contributed by atoms with Crippen molar-refractivity contribution < 1.29 is 27.4 Å². The van der Waals surface area contributed by atoms with Crippen LogP contribution < -0.4 is 29.4 Å². The normalized spacial score (nSPS) is 11.1. The summed E-state index contributed by atoms with van der Waals surface area (Å²) in [4.78, 5) is 26.6. The molecule has 0 spiro atoms. The number of anilines is 2. The van der Waals surface area contributed by atoms with Crippen molar-refractivity contribution in [2.75, 3.05) is 37.0 Å². The van der Waals surface area contributed by atoms with Gasteiger partial charge >= 0.3 is 0 Å². The number of carbonyl (C=O) groups excluding carboxylic acids is 1. The predicted molar refractivity (Wildman–Crippen MR) is 156 cm³/mol. The quantitative estimate of drug-likeness (QED) is 0.287. The number of amides is 1. The molecule has 41 heavy (non-hydrogen) atoms. The Balaban J connectivity index is 1.74. The summed E-state index contributed by atoms with van der Waals surface area (Å²) in [6, 6.07) is 19.7. The van der Waals surface area contributed by atoms with Gasteiger partial charge in [-0.2, -0.15) is 0 Å². The van der Waals surface area contributed by atoms with E-state index >= 15 is 0 Å². The molecule has 1 aromatic heterocycles. The van der Waals surface area contributed by atoms with Crippen molar-refractivity contribution in [2.24, 2.45) is 7.05 Å².